The van der Waals surface area contributed by atoms with Crippen molar-refractivity contribution in [3.63, 3.8) is 0 Å². The monoisotopic (exact) mass is 322 g/mol. The smallest absolute Gasteiger partial charge is 0.231 e. The van der Waals surface area contributed by atoms with Crippen LogP contribution in [-0.4, -0.2) is 35.5 Å². The number of piperidine rings is 1. The molecule has 1 aromatic carbocycles. The van der Waals surface area contributed by atoms with Crippen molar-refractivity contribution in [2.45, 2.75) is 25.7 Å². The van der Waals surface area contributed by atoms with E-state index in [1.54, 1.807) is 12.4 Å². The van der Waals surface area contributed by atoms with E-state index in [4.69, 9.17) is 0 Å². The van der Waals surface area contributed by atoms with Crippen LogP contribution in [0.25, 0.3) is 0 Å². The van der Waals surface area contributed by atoms with E-state index in [2.05, 4.69) is 33.1 Å². The van der Waals surface area contributed by atoms with Crippen LogP contribution in [0, 0.1) is 5.92 Å². The molecule has 1 fully saturated rings. The maximum atomic E-state index is 13.2. The van der Waals surface area contributed by atoms with Crippen molar-refractivity contribution in [2.75, 3.05) is 29.4 Å². The summed E-state index contributed by atoms with van der Waals surface area (Å²) in [5, 5.41) is 0. The van der Waals surface area contributed by atoms with Gasteiger partial charge < -0.3 is 9.80 Å². The maximum absolute atomic E-state index is 13.2. The molecule has 1 saturated heterocycles. The molecule has 2 aliphatic heterocycles. The minimum absolute atomic E-state index is 0.0220. The summed E-state index contributed by atoms with van der Waals surface area (Å²) < 4.78 is 0. The van der Waals surface area contributed by atoms with Gasteiger partial charge in [-0.1, -0.05) is 18.2 Å². The molecule has 1 amide bonds. The first-order valence-corrected chi connectivity index (χ1v) is 8.74. The number of carbonyl (C=O) groups is 1. The van der Waals surface area contributed by atoms with E-state index < -0.39 is 0 Å². The standard InChI is InChI=1S/C19H22N4O/c24-18(23-13-4-7-15-6-1-2-9-17(15)23)16-8-3-12-22(14-16)19-20-10-5-11-21-19/h1-2,5-6,9-11,16H,3-4,7-8,12-14H2. The molecule has 1 atom stereocenters. The quantitative estimate of drug-likeness (QED) is 0.853. The Hall–Kier alpha value is -2.43. The second kappa shape index (κ2) is 6.59. The largest absolute Gasteiger partial charge is 0.340 e. The van der Waals surface area contributed by atoms with Gasteiger partial charge in [-0.05, 0) is 43.4 Å². The fourth-order valence-corrected chi connectivity index (χ4v) is 3.80. The highest BCUT2D eigenvalue weighted by molar-refractivity contribution is 5.96. The van der Waals surface area contributed by atoms with Gasteiger partial charge in [0.25, 0.3) is 0 Å². The highest BCUT2D eigenvalue weighted by Crippen LogP contribution is 2.30. The Balaban J connectivity index is 1.53. The lowest BCUT2D eigenvalue weighted by atomic mass is 9.94. The first-order valence-electron chi connectivity index (χ1n) is 8.74. The SMILES string of the molecule is O=C(C1CCCN(c2ncccn2)C1)N1CCCc2ccccc21. The molecule has 2 aliphatic rings. The molecule has 5 heteroatoms. The van der Waals surface area contributed by atoms with Crippen LogP contribution in [0.1, 0.15) is 24.8 Å². The average molecular weight is 322 g/mol. The molecule has 5 nitrogen and oxygen atoms in total. The van der Waals surface area contributed by atoms with E-state index in [-0.39, 0.29) is 11.8 Å². The van der Waals surface area contributed by atoms with Gasteiger partial charge in [-0.3, -0.25) is 4.79 Å². The van der Waals surface area contributed by atoms with E-state index in [1.807, 2.05) is 17.0 Å². The number of aryl methyl sites for hydroxylation is 1. The molecular weight excluding hydrogens is 300 g/mol. The Labute approximate surface area is 142 Å². The molecule has 2 aromatic rings. The number of fused-ring (bicyclic) bond motifs is 1. The molecule has 0 saturated carbocycles. The lowest BCUT2D eigenvalue weighted by Gasteiger charge is -2.37. The minimum atomic E-state index is 0.0220. The van der Waals surface area contributed by atoms with Gasteiger partial charge >= 0.3 is 0 Å². The zero-order chi connectivity index (χ0) is 16.4. The first kappa shape index (κ1) is 15.1. The molecule has 4 rings (SSSR count). The van der Waals surface area contributed by atoms with E-state index in [0.29, 0.717) is 6.54 Å². The zero-order valence-corrected chi connectivity index (χ0v) is 13.8. The number of aromatic nitrogens is 2. The van der Waals surface area contributed by atoms with E-state index >= 15 is 0 Å². The molecule has 1 aromatic heterocycles. The van der Waals surface area contributed by atoms with Crippen LogP contribution < -0.4 is 9.80 Å². The molecular formula is C19H22N4O. The molecule has 124 valence electrons. The predicted octanol–water partition coefficient (Wildman–Crippen LogP) is 2.67. The van der Waals surface area contributed by atoms with Crippen molar-refractivity contribution >= 4 is 17.5 Å². The van der Waals surface area contributed by atoms with Gasteiger partial charge in [-0.2, -0.15) is 0 Å². The summed E-state index contributed by atoms with van der Waals surface area (Å²) in [7, 11) is 0. The Morgan fingerprint density at radius 2 is 1.88 bits per heavy atom. The number of hydrogen-bond donors (Lipinski definition) is 0. The van der Waals surface area contributed by atoms with Gasteiger partial charge in [0.15, 0.2) is 0 Å². The normalized spacial score (nSPS) is 20.6. The molecule has 0 aliphatic carbocycles. The predicted molar refractivity (Wildman–Crippen MR) is 94.1 cm³/mol. The van der Waals surface area contributed by atoms with Gasteiger partial charge in [0.2, 0.25) is 11.9 Å². The van der Waals surface area contributed by atoms with E-state index in [1.165, 1.54) is 5.56 Å². The van der Waals surface area contributed by atoms with Gasteiger partial charge in [-0.25, -0.2) is 9.97 Å². The summed E-state index contributed by atoms with van der Waals surface area (Å²) in [5.74, 6) is 1.01. The van der Waals surface area contributed by atoms with Crippen molar-refractivity contribution in [3.8, 4) is 0 Å². The zero-order valence-electron chi connectivity index (χ0n) is 13.8. The Bertz CT molecular complexity index is 718. The van der Waals surface area contributed by atoms with Gasteiger partial charge in [0, 0.05) is 37.7 Å². The van der Waals surface area contributed by atoms with Crippen molar-refractivity contribution in [3.05, 3.63) is 48.3 Å². The van der Waals surface area contributed by atoms with Crippen molar-refractivity contribution in [1.29, 1.82) is 0 Å². The van der Waals surface area contributed by atoms with Crippen molar-refractivity contribution < 1.29 is 4.79 Å². The van der Waals surface area contributed by atoms with E-state index in [9.17, 15) is 4.79 Å². The summed E-state index contributed by atoms with van der Waals surface area (Å²) in [4.78, 5) is 26.0. The number of anilines is 2. The molecule has 3 heterocycles. The number of nitrogens with zero attached hydrogens (tertiary/aromatic N) is 4. The van der Waals surface area contributed by atoms with Gasteiger partial charge in [0.1, 0.15) is 0 Å². The third-order valence-corrected chi connectivity index (χ3v) is 4.98. The fraction of sp³-hybridized carbons (Fsp3) is 0.421. The summed E-state index contributed by atoms with van der Waals surface area (Å²) in [6, 6.07) is 10.1. The Kier molecular flexibility index (Phi) is 4.15. The number of benzene rings is 1. The number of para-hydroxylation sites is 1. The number of amides is 1. The molecule has 24 heavy (non-hydrogen) atoms. The van der Waals surface area contributed by atoms with Crippen molar-refractivity contribution in [1.82, 2.24) is 9.97 Å². The molecule has 0 spiro atoms. The summed E-state index contributed by atoms with van der Waals surface area (Å²) in [5.41, 5.74) is 2.39. The molecule has 0 radical (unpaired) electrons. The lowest BCUT2D eigenvalue weighted by molar-refractivity contribution is -0.122. The first-order chi connectivity index (χ1) is 11.8. The lowest BCUT2D eigenvalue weighted by Crippen LogP contribution is -2.46. The average Bonchev–Trinajstić information content (AvgIpc) is 2.68. The number of rotatable bonds is 2. The van der Waals surface area contributed by atoms with Gasteiger partial charge in [0.05, 0.1) is 5.92 Å². The van der Waals surface area contributed by atoms with Crippen LogP contribution in [0.2, 0.25) is 0 Å². The third-order valence-electron chi connectivity index (χ3n) is 4.98. The fourth-order valence-electron chi connectivity index (χ4n) is 3.80. The Morgan fingerprint density at radius 1 is 1.04 bits per heavy atom. The van der Waals surface area contributed by atoms with Crippen LogP contribution in [0.4, 0.5) is 11.6 Å². The summed E-state index contributed by atoms with van der Waals surface area (Å²) in [6.45, 7) is 2.46. The highest BCUT2D eigenvalue weighted by atomic mass is 16.2. The number of carbonyl (C=O) groups excluding carboxylic acids is 1. The minimum Gasteiger partial charge on any atom is -0.340 e. The van der Waals surface area contributed by atoms with Crippen LogP contribution >= 0.6 is 0 Å². The van der Waals surface area contributed by atoms with Crippen LogP contribution in [0.3, 0.4) is 0 Å². The third kappa shape index (κ3) is 2.86. The Morgan fingerprint density at radius 3 is 2.75 bits per heavy atom. The maximum Gasteiger partial charge on any atom is 0.231 e. The molecule has 1 unspecified atom stereocenters. The van der Waals surface area contributed by atoms with Crippen LogP contribution in [0.15, 0.2) is 42.7 Å². The molecule has 0 N–H and O–H groups in total. The van der Waals surface area contributed by atoms with Crippen LogP contribution in [-0.2, 0) is 11.2 Å². The highest BCUT2D eigenvalue weighted by Gasteiger charge is 2.32. The molecule has 0 bridgehead atoms. The second-order valence-electron chi connectivity index (χ2n) is 6.56. The van der Waals surface area contributed by atoms with Crippen molar-refractivity contribution in [2.24, 2.45) is 5.92 Å². The van der Waals surface area contributed by atoms with Gasteiger partial charge in [-0.15, -0.1) is 0 Å². The topological polar surface area (TPSA) is 49.3 Å². The second-order valence-corrected chi connectivity index (χ2v) is 6.56. The van der Waals surface area contributed by atoms with Crippen LogP contribution in [0.5, 0.6) is 0 Å². The summed E-state index contributed by atoms with van der Waals surface area (Å²) in [6.07, 6.45) is 7.57. The number of hydrogen-bond acceptors (Lipinski definition) is 4. The summed E-state index contributed by atoms with van der Waals surface area (Å²) >= 11 is 0. The van der Waals surface area contributed by atoms with E-state index in [0.717, 1.165) is 50.4 Å².